The van der Waals surface area contributed by atoms with Gasteiger partial charge < -0.3 is 20.2 Å². The van der Waals surface area contributed by atoms with Gasteiger partial charge in [-0.1, -0.05) is 50.5 Å². The van der Waals surface area contributed by atoms with E-state index < -0.39 is 11.8 Å². The van der Waals surface area contributed by atoms with Gasteiger partial charge in [-0.25, -0.2) is 4.79 Å². The molecule has 1 saturated carbocycles. The predicted octanol–water partition coefficient (Wildman–Crippen LogP) is 4.21. The lowest BCUT2D eigenvalue weighted by atomic mass is 9.86. The maximum atomic E-state index is 10.7. The number of unbranched alkanes of at least 4 members (excludes halogenated alkanes) is 4. The lowest BCUT2D eigenvalue weighted by molar-refractivity contribution is -0.205. The van der Waals surface area contributed by atoms with E-state index in [-0.39, 0.29) is 6.42 Å². The molecule has 0 unspecified atom stereocenters. The van der Waals surface area contributed by atoms with E-state index in [2.05, 4.69) is 44.1 Å². The minimum absolute atomic E-state index is 0.187. The molecule has 0 aromatic heterocycles. The molecule has 3 atom stereocenters. The molecule has 1 aliphatic rings. The number of carbonyl (C=O) groups is 1. The van der Waals surface area contributed by atoms with Gasteiger partial charge in [0.05, 0.1) is 0 Å². The summed E-state index contributed by atoms with van der Waals surface area (Å²) in [5, 5.41) is 27.4. The Kier molecular flexibility index (Phi) is 11.7. The average Bonchev–Trinajstić information content (AvgIpc) is 2.98. The highest BCUT2D eigenvalue weighted by atomic mass is 16.5. The van der Waals surface area contributed by atoms with Crippen molar-refractivity contribution in [2.24, 2.45) is 17.8 Å². The number of aliphatic carboxylic acids is 1. The number of hydrogen-bond donors (Lipinski definition) is 3. The highest BCUT2D eigenvalue weighted by Gasteiger charge is 2.34. The van der Waals surface area contributed by atoms with E-state index in [4.69, 9.17) is 5.11 Å². The minimum atomic E-state index is -2.63. The zero-order valence-electron chi connectivity index (χ0n) is 18.0. The van der Waals surface area contributed by atoms with E-state index in [1.165, 1.54) is 38.5 Å². The van der Waals surface area contributed by atoms with Crippen molar-refractivity contribution in [2.45, 2.75) is 76.9 Å². The molecule has 5 heteroatoms. The molecule has 0 aliphatic heterocycles. The first-order valence-corrected chi connectivity index (χ1v) is 10.9. The third-order valence-electron chi connectivity index (χ3n) is 5.79. The molecule has 1 aliphatic carbocycles. The fourth-order valence-electron chi connectivity index (χ4n) is 4.19. The molecule has 28 heavy (non-hydrogen) atoms. The van der Waals surface area contributed by atoms with E-state index in [0.29, 0.717) is 24.2 Å². The summed E-state index contributed by atoms with van der Waals surface area (Å²) in [6.07, 6.45) is 18.7. The highest BCUT2D eigenvalue weighted by molar-refractivity contribution is 5.74. The third-order valence-corrected chi connectivity index (χ3v) is 5.79. The second-order valence-corrected chi connectivity index (χ2v) is 8.58. The van der Waals surface area contributed by atoms with Crippen LogP contribution < -0.4 is 0 Å². The second kappa shape index (κ2) is 13.1. The van der Waals surface area contributed by atoms with Crippen LogP contribution in [-0.4, -0.2) is 52.6 Å². The van der Waals surface area contributed by atoms with Gasteiger partial charge in [-0.15, -0.1) is 0 Å². The van der Waals surface area contributed by atoms with Crippen LogP contribution in [0.1, 0.15) is 71.1 Å². The molecule has 0 spiro atoms. The lowest BCUT2D eigenvalue weighted by Gasteiger charge is -2.24. The molecule has 3 N–H and O–H groups in total. The van der Waals surface area contributed by atoms with Crippen LogP contribution in [0.2, 0.25) is 0 Å². The van der Waals surface area contributed by atoms with Gasteiger partial charge in [0, 0.05) is 13.0 Å². The predicted molar refractivity (Wildman–Crippen MR) is 114 cm³/mol. The largest absolute Gasteiger partial charge is 0.477 e. The van der Waals surface area contributed by atoms with Crippen LogP contribution in [0.4, 0.5) is 0 Å². The van der Waals surface area contributed by atoms with Crippen LogP contribution >= 0.6 is 0 Å². The first-order valence-electron chi connectivity index (χ1n) is 10.9. The average molecular weight is 396 g/mol. The quantitative estimate of drug-likeness (QED) is 0.233. The van der Waals surface area contributed by atoms with Gasteiger partial charge in [0.25, 0.3) is 5.79 Å². The van der Waals surface area contributed by atoms with Crippen LogP contribution in [0.15, 0.2) is 24.3 Å². The van der Waals surface area contributed by atoms with Gasteiger partial charge in [0.1, 0.15) is 0 Å². The molecule has 0 aromatic carbocycles. The minimum Gasteiger partial charge on any atom is -0.477 e. The number of carboxylic acids is 1. The van der Waals surface area contributed by atoms with Gasteiger partial charge >= 0.3 is 5.97 Å². The van der Waals surface area contributed by atoms with Gasteiger partial charge in [-0.05, 0) is 70.4 Å². The Bertz CT molecular complexity index is 499. The topological polar surface area (TPSA) is 81.0 Å². The molecule has 0 heterocycles. The molecular formula is C23H41NO4. The molecule has 0 radical (unpaired) electrons. The lowest BCUT2D eigenvalue weighted by Crippen LogP contribution is -2.37. The van der Waals surface area contributed by atoms with Gasteiger partial charge in [0.2, 0.25) is 0 Å². The van der Waals surface area contributed by atoms with Crippen LogP contribution in [-0.2, 0) is 4.79 Å². The number of carboxylic acid groups (broad SMARTS) is 1. The second-order valence-electron chi connectivity index (χ2n) is 8.58. The van der Waals surface area contributed by atoms with Crippen LogP contribution in [0, 0.1) is 17.8 Å². The van der Waals surface area contributed by atoms with E-state index >= 15 is 0 Å². The summed E-state index contributed by atoms with van der Waals surface area (Å²) in [7, 11) is 4.27. The zero-order chi connectivity index (χ0) is 21.0. The van der Waals surface area contributed by atoms with Gasteiger partial charge in [-0.3, -0.25) is 0 Å². The number of aliphatic hydroxyl groups is 2. The smallest absolute Gasteiger partial charge is 0.364 e. The number of allylic oxidation sites excluding steroid dienone is 4. The Morgan fingerprint density at radius 3 is 2.39 bits per heavy atom. The summed E-state index contributed by atoms with van der Waals surface area (Å²) in [6, 6.07) is 0. The first-order chi connectivity index (χ1) is 13.3. The maximum absolute atomic E-state index is 10.7. The molecule has 1 rings (SSSR count). The van der Waals surface area contributed by atoms with E-state index in [1.807, 2.05) is 6.08 Å². The van der Waals surface area contributed by atoms with Crippen molar-refractivity contribution in [3.63, 3.8) is 0 Å². The molecular weight excluding hydrogens is 354 g/mol. The fourth-order valence-corrected chi connectivity index (χ4v) is 4.19. The summed E-state index contributed by atoms with van der Waals surface area (Å²) < 4.78 is 0. The fraction of sp³-hybridized carbons (Fsp3) is 0.783. The number of rotatable bonds is 14. The molecule has 162 valence electrons. The van der Waals surface area contributed by atoms with Crippen molar-refractivity contribution in [3.8, 4) is 0 Å². The van der Waals surface area contributed by atoms with Crippen molar-refractivity contribution < 1.29 is 20.1 Å². The van der Waals surface area contributed by atoms with Crippen molar-refractivity contribution >= 4 is 5.97 Å². The van der Waals surface area contributed by atoms with Crippen molar-refractivity contribution in [2.75, 3.05) is 20.6 Å². The zero-order valence-corrected chi connectivity index (χ0v) is 18.0. The number of nitrogens with zero attached hydrogens (tertiary/aromatic N) is 1. The van der Waals surface area contributed by atoms with Crippen LogP contribution in [0.25, 0.3) is 0 Å². The van der Waals surface area contributed by atoms with E-state index in [1.54, 1.807) is 0 Å². The SMILES string of the molecule is CCCCCC/C=C/[C@@H]1[C@@H](C/C=C\CCC(O)(O)C(=O)O)CC[C@H]1CN(C)C. The summed E-state index contributed by atoms with van der Waals surface area (Å²) in [6.45, 7) is 3.35. The Morgan fingerprint density at radius 1 is 1.04 bits per heavy atom. The highest BCUT2D eigenvalue weighted by Crippen LogP contribution is 2.40. The normalized spacial score (nSPS) is 23.4. The van der Waals surface area contributed by atoms with Crippen LogP contribution in [0.3, 0.4) is 0 Å². The van der Waals surface area contributed by atoms with Crippen LogP contribution in [0.5, 0.6) is 0 Å². The summed E-state index contributed by atoms with van der Waals surface area (Å²) in [4.78, 5) is 13.0. The first kappa shape index (κ1) is 24.9. The summed E-state index contributed by atoms with van der Waals surface area (Å²) >= 11 is 0. The standard InChI is InChI=1S/C23H41NO4/c1-4-5-6-7-8-11-14-21-19(15-16-20(21)18-24(2)3)13-10-9-12-17-23(27,28)22(25)26/h9-11,14,19-21,27-28H,4-8,12-13,15-18H2,1-3H3,(H,25,26)/b10-9-,14-11+/t19-,20-,21+/m0/s1. The monoisotopic (exact) mass is 395 g/mol. The van der Waals surface area contributed by atoms with Gasteiger partial charge in [-0.2, -0.15) is 0 Å². The Balaban J connectivity index is 2.53. The molecule has 0 aromatic rings. The number of hydrogen-bond acceptors (Lipinski definition) is 4. The Hall–Kier alpha value is -1.17. The van der Waals surface area contributed by atoms with E-state index in [9.17, 15) is 15.0 Å². The molecule has 0 amide bonds. The molecule has 5 nitrogen and oxygen atoms in total. The maximum Gasteiger partial charge on any atom is 0.364 e. The van der Waals surface area contributed by atoms with Crippen molar-refractivity contribution in [1.29, 1.82) is 0 Å². The Morgan fingerprint density at radius 2 is 1.75 bits per heavy atom. The Labute approximate surface area is 171 Å². The van der Waals surface area contributed by atoms with Crippen molar-refractivity contribution in [1.82, 2.24) is 4.90 Å². The van der Waals surface area contributed by atoms with E-state index in [0.717, 1.165) is 19.4 Å². The summed E-state index contributed by atoms with van der Waals surface area (Å²) in [5.74, 6) is -2.33. The van der Waals surface area contributed by atoms with Crippen molar-refractivity contribution in [3.05, 3.63) is 24.3 Å². The molecule has 0 saturated heterocycles. The summed E-state index contributed by atoms with van der Waals surface area (Å²) in [5.41, 5.74) is 0. The molecule has 0 bridgehead atoms. The third kappa shape index (κ3) is 9.35. The van der Waals surface area contributed by atoms with Gasteiger partial charge in [0.15, 0.2) is 0 Å². The molecule has 1 fully saturated rings.